The fourth-order valence-corrected chi connectivity index (χ4v) is 3.27. The van der Waals surface area contributed by atoms with Crippen molar-refractivity contribution in [2.24, 2.45) is 5.92 Å². The maximum atomic E-state index is 11.9. The topological polar surface area (TPSA) is 52.7 Å². The highest BCUT2D eigenvalue weighted by atomic mass is 16.2. The first-order valence-electron chi connectivity index (χ1n) is 7.87. The molecule has 5 heteroatoms. The molecule has 1 saturated carbocycles. The van der Waals surface area contributed by atoms with Crippen molar-refractivity contribution in [2.45, 2.75) is 45.1 Å². The molecular formula is C15H27N3O2. The molecule has 0 bridgehead atoms. The highest BCUT2D eigenvalue weighted by Crippen LogP contribution is 2.28. The second kappa shape index (κ2) is 7.07. The molecule has 2 fully saturated rings. The van der Waals surface area contributed by atoms with E-state index in [9.17, 15) is 9.59 Å². The molecule has 1 aliphatic heterocycles. The Hall–Kier alpha value is -1.10. The van der Waals surface area contributed by atoms with Crippen LogP contribution in [-0.2, 0) is 9.59 Å². The number of carbonyl (C=O) groups is 2. The lowest BCUT2D eigenvalue weighted by atomic mass is 9.99. The van der Waals surface area contributed by atoms with E-state index in [4.69, 9.17) is 0 Å². The number of hydrogen-bond donors (Lipinski definition) is 1. The summed E-state index contributed by atoms with van der Waals surface area (Å²) in [5, 5.41) is 3.62. The van der Waals surface area contributed by atoms with E-state index in [1.165, 1.54) is 24.2 Å². The van der Waals surface area contributed by atoms with Gasteiger partial charge in [0.15, 0.2) is 0 Å². The Morgan fingerprint density at radius 3 is 2.75 bits per heavy atom. The summed E-state index contributed by atoms with van der Waals surface area (Å²) in [5.74, 6) is 0.795. The number of likely N-dealkylation sites (N-methyl/N-ethyl adjacent to an activating group) is 1. The SMILES string of the molecule is CCCNC1CCCC1CCN1CC(=O)N(C)CC1=O. The van der Waals surface area contributed by atoms with Gasteiger partial charge in [0.2, 0.25) is 11.8 Å². The third-order valence-electron chi connectivity index (χ3n) is 4.56. The lowest BCUT2D eigenvalue weighted by Gasteiger charge is -2.33. The second-order valence-electron chi connectivity index (χ2n) is 6.11. The molecule has 2 unspecified atom stereocenters. The van der Waals surface area contributed by atoms with Crippen LogP contribution in [0.2, 0.25) is 0 Å². The summed E-state index contributed by atoms with van der Waals surface area (Å²) in [7, 11) is 1.69. The van der Waals surface area contributed by atoms with Gasteiger partial charge in [0.25, 0.3) is 0 Å². The minimum atomic E-state index is 0.0525. The van der Waals surface area contributed by atoms with Gasteiger partial charge in [0, 0.05) is 19.6 Å². The number of carbonyl (C=O) groups excluding carboxylic acids is 2. The molecule has 1 heterocycles. The zero-order valence-electron chi connectivity index (χ0n) is 12.7. The van der Waals surface area contributed by atoms with Crippen molar-refractivity contribution in [1.82, 2.24) is 15.1 Å². The van der Waals surface area contributed by atoms with Crippen LogP contribution < -0.4 is 5.32 Å². The van der Waals surface area contributed by atoms with Crippen LogP contribution in [0.25, 0.3) is 0 Å². The zero-order chi connectivity index (χ0) is 14.5. The average Bonchev–Trinajstić information content (AvgIpc) is 2.86. The minimum absolute atomic E-state index is 0.0525. The average molecular weight is 281 g/mol. The molecule has 1 aliphatic carbocycles. The largest absolute Gasteiger partial charge is 0.335 e. The van der Waals surface area contributed by atoms with Crippen molar-refractivity contribution < 1.29 is 9.59 Å². The third-order valence-corrected chi connectivity index (χ3v) is 4.56. The van der Waals surface area contributed by atoms with Gasteiger partial charge in [-0.2, -0.15) is 0 Å². The van der Waals surface area contributed by atoms with Gasteiger partial charge in [-0.15, -0.1) is 0 Å². The van der Waals surface area contributed by atoms with Gasteiger partial charge in [0.05, 0.1) is 13.1 Å². The molecule has 2 amide bonds. The molecule has 0 aromatic carbocycles. The summed E-state index contributed by atoms with van der Waals surface area (Å²) < 4.78 is 0. The van der Waals surface area contributed by atoms with Crippen molar-refractivity contribution >= 4 is 11.8 Å². The number of hydrogen-bond acceptors (Lipinski definition) is 3. The second-order valence-corrected chi connectivity index (χ2v) is 6.11. The summed E-state index contributed by atoms with van der Waals surface area (Å²) in [6, 6.07) is 0.605. The van der Waals surface area contributed by atoms with Crippen LogP contribution in [0.5, 0.6) is 0 Å². The predicted octanol–water partition coefficient (Wildman–Crippen LogP) is 0.845. The summed E-state index contributed by atoms with van der Waals surface area (Å²) >= 11 is 0. The van der Waals surface area contributed by atoms with E-state index in [0.29, 0.717) is 12.0 Å². The van der Waals surface area contributed by atoms with Crippen molar-refractivity contribution in [3.8, 4) is 0 Å². The first-order valence-corrected chi connectivity index (χ1v) is 7.87. The van der Waals surface area contributed by atoms with Crippen LogP contribution in [-0.4, -0.2) is 60.9 Å². The number of amides is 2. The van der Waals surface area contributed by atoms with Gasteiger partial charge in [-0.05, 0) is 38.1 Å². The fraction of sp³-hybridized carbons (Fsp3) is 0.867. The fourth-order valence-electron chi connectivity index (χ4n) is 3.27. The Balaban J connectivity index is 1.79. The van der Waals surface area contributed by atoms with Gasteiger partial charge < -0.3 is 15.1 Å². The molecule has 2 rings (SSSR count). The van der Waals surface area contributed by atoms with E-state index in [-0.39, 0.29) is 24.9 Å². The Bertz CT molecular complexity index is 359. The van der Waals surface area contributed by atoms with E-state index < -0.39 is 0 Å². The molecule has 114 valence electrons. The maximum Gasteiger partial charge on any atom is 0.242 e. The Labute approximate surface area is 121 Å². The first kappa shape index (κ1) is 15.3. The smallest absolute Gasteiger partial charge is 0.242 e. The Morgan fingerprint density at radius 2 is 2.00 bits per heavy atom. The van der Waals surface area contributed by atoms with Gasteiger partial charge in [-0.25, -0.2) is 0 Å². The highest BCUT2D eigenvalue weighted by Gasteiger charge is 2.30. The van der Waals surface area contributed by atoms with Gasteiger partial charge in [-0.1, -0.05) is 13.3 Å². The zero-order valence-corrected chi connectivity index (χ0v) is 12.7. The quantitative estimate of drug-likeness (QED) is 0.785. The summed E-state index contributed by atoms with van der Waals surface area (Å²) in [5.41, 5.74) is 0. The maximum absolute atomic E-state index is 11.9. The van der Waals surface area contributed by atoms with Crippen LogP contribution in [0.4, 0.5) is 0 Å². The van der Waals surface area contributed by atoms with Crippen LogP contribution in [0.1, 0.15) is 39.0 Å². The van der Waals surface area contributed by atoms with Crippen LogP contribution >= 0.6 is 0 Å². The van der Waals surface area contributed by atoms with E-state index in [2.05, 4.69) is 12.2 Å². The van der Waals surface area contributed by atoms with Crippen molar-refractivity contribution in [2.75, 3.05) is 33.2 Å². The molecule has 20 heavy (non-hydrogen) atoms. The van der Waals surface area contributed by atoms with Crippen LogP contribution in [0, 0.1) is 5.92 Å². The molecule has 5 nitrogen and oxygen atoms in total. The minimum Gasteiger partial charge on any atom is -0.335 e. The monoisotopic (exact) mass is 281 g/mol. The standard InChI is InChI=1S/C15H27N3O2/c1-3-8-16-13-6-4-5-12(13)7-9-18-11-14(19)17(2)10-15(18)20/h12-13,16H,3-11H2,1-2H3. The summed E-state index contributed by atoms with van der Waals surface area (Å²) in [6.07, 6.45) is 5.96. The molecule has 2 atom stereocenters. The van der Waals surface area contributed by atoms with Crippen molar-refractivity contribution in [3.63, 3.8) is 0 Å². The van der Waals surface area contributed by atoms with E-state index in [1.54, 1.807) is 11.9 Å². The third kappa shape index (κ3) is 3.72. The lowest BCUT2D eigenvalue weighted by molar-refractivity contribution is -0.148. The number of nitrogens with one attached hydrogen (secondary N) is 1. The molecular weight excluding hydrogens is 254 g/mol. The molecule has 1 saturated heterocycles. The first-order chi connectivity index (χ1) is 9.61. The highest BCUT2D eigenvalue weighted by molar-refractivity contribution is 5.92. The molecule has 0 aromatic heterocycles. The van der Waals surface area contributed by atoms with E-state index >= 15 is 0 Å². The molecule has 1 N–H and O–H groups in total. The number of piperazine rings is 1. The van der Waals surface area contributed by atoms with Crippen molar-refractivity contribution in [3.05, 3.63) is 0 Å². The molecule has 0 aromatic rings. The summed E-state index contributed by atoms with van der Waals surface area (Å²) in [6.45, 7) is 4.49. The lowest BCUT2D eigenvalue weighted by Crippen LogP contribution is -2.52. The van der Waals surface area contributed by atoms with Gasteiger partial charge in [-0.3, -0.25) is 9.59 Å². The van der Waals surface area contributed by atoms with E-state index in [1.807, 2.05) is 0 Å². The number of nitrogens with zero attached hydrogens (tertiary/aromatic N) is 2. The molecule has 2 aliphatic rings. The van der Waals surface area contributed by atoms with Crippen molar-refractivity contribution in [1.29, 1.82) is 0 Å². The van der Waals surface area contributed by atoms with Gasteiger partial charge in [0.1, 0.15) is 0 Å². The molecule has 0 radical (unpaired) electrons. The van der Waals surface area contributed by atoms with Gasteiger partial charge >= 0.3 is 0 Å². The normalized spacial score (nSPS) is 27.5. The van der Waals surface area contributed by atoms with Crippen LogP contribution in [0.3, 0.4) is 0 Å². The predicted molar refractivity (Wildman–Crippen MR) is 78.3 cm³/mol. The van der Waals surface area contributed by atoms with Crippen LogP contribution in [0.15, 0.2) is 0 Å². The Kier molecular flexibility index (Phi) is 5.40. The molecule has 0 spiro atoms. The summed E-state index contributed by atoms with van der Waals surface area (Å²) in [4.78, 5) is 26.8. The number of rotatable bonds is 6. The Morgan fingerprint density at radius 1 is 1.20 bits per heavy atom. The van der Waals surface area contributed by atoms with E-state index in [0.717, 1.165) is 25.9 Å².